The van der Waals surface area contributed by atoms with Crippen molar-refractivity contribution in [3.05, 3.63) is 23.2 Å². The molecule has 1 heterocycles. The Morgan fingerprint density at radius 2 is 1.94 bits per heavy atom. The third kappa shape index (κ3) is 3.85. The van der Waals surface area contributed by atoms with Crippen LogP contribution in [0.1, 0.15) is 44.8 Å². The van der Waals surface area contributed by atoms with Crippen LogP contribution in [-0.2, 0) is 6.54 Å². The van der Waals surface area contributed by atoms with E-state index in [0.29, 0.717) is 0 Å². The fourth-order valence-corrected chi connectivity index (χ4v) is 2.39. The van der Waals surface area contributed by atoms with Crippen molar-refractivity contribution in [2.75, 3.05) is 6.54 Å². The van der Waals surface area contributed by atoms with Crippen LogP contribution in [0.2, 0.25) is 0 Å². The minimum absolute atomic E-state index is 0.124. The van der Waals surface area contributed by atoms with Crippen molar-refractivity contribution < 1.29 is 9.52 Å². The van der Waals surface area contributed by atoms with Crippen LogP contribution < -0.4 is 5.32 Å². The molecule has 0 saturated carbocycles. The van der Waals surface area contributed by atoms with E-state index in [9.17, 15) is 5.11 Å². The maximum atomic E-state index is 10.2. The van der Waals surface area contributed by atoms with E-state index in [4.69, 9.17) is 4.42 Å². The molecule has 18 heavy (non-hydrogen) atoms. The number of furan rings is 1. The molecule has 0 saturated heterocycles. The lowest BCUT2D eigenvalue weighted by molar-refractivity contribution is 0.0134. The molecule has 2 N–H and O–H groups in total. The molecule has 0 spiro atoms. The molecule has 0 fully saturated rings. The van der Waals surface area contributed by atoms with Gasteiger partial charge in [-0.3, -0.25) is 0 Å². The Balaban J connectivity index is 2.48. The fourth-order valence-electron chi connectivity index (χ4n) is 2.39. The first kappa shape index (κ1) is 15.3. The van der Waals surface area contributed by atoms with E-state index in [-0.39, 0.29) is 17.4 Å². The van der Waals surface area contributed by atoms with Gasteiger partial charge >= 0.3 is 0 Å². The molecule has 0 radical (unpaired) electrons. The summed E-state index contributed by atoms with van der Waals surface area (Å²) >= 11 is 0. The summed E-state index contributed by atoms with van der Waals surface area (Å²) in [4.78, 5) is 0. The van der Waals surface area contributed by atoms with Gasteiger partial charge in [0, 0.05) is 24.1 Å². The minimum Gasteiger partial charge on any atom is -0.466 e. The van der Waals surface area contributed by atoms with Crippen LogP contribution in [0.5, 0.6) is 0 Å². The van der Waals surface area contributed by atoms with Crippen LogP contribution >= 0.6 is 0 Å². The molecule has 3 heteroatoms. The zero-order valence-corrected chi connectivity index (χ0v) is 12.5. The second-order valence-electron chi connectivity index (χ2n) is 6.22. The molecule has 1 atom stereocenters. The minimum atomic E-state index is -0.294. The Morgan fingerprint density at radius 3 is 2.39 bits per heavy atom. The van der Waals surface area contributed by atoms with Crippen LogP contribution in [0, 0.1) is 25.2 Å². The van der Waals surface area contributed by atoms with Crippen LogP contribution in [0.25, 0.3) is 0 Å². The molecule has 0 amide bonds. The summed E-state index contributed by atoms with van der Waals surface area (Å²) in [7, 11) is 0. The fraction of sp³-hybridized carbons (Fsp3) is 0.733. The van der Waals surface area contributed by atoms with Gasteiger partial charge in [-0.2, -0.15) is 0 Å². The summed E-state index contributed by atoms with van der Waals surface area (Å²) in [5, 5.41) is 13.6. The number of hydrogen-bond donors (Lipinski definition) is 2. The van der Waals surface area contributed by atoms with Gasteiger partial charge in [-0.25, -0.2) is 0 Å². The normalized spacial score (nSPS) is 14.2. The monoisotopic (exact) mass is 253 g/mol. The first-order chi connectivity index (χ1) is 8.24. The van der Waals surface area contributed by atoms with Gasteiger partial charge in [0.25, 0.3) is 0 Å². The van der Waals surface area contributed by atoms with Gasteiger partial charge in [-0.1, -0.05) is 27.7 Å². The predicted octanol–water partition coefficient (Wildman–Crippen LogP) is 3.03. The first-order valence-electron chi connectivity index (χ1n) is 6.68. The summed E-state index contributed by atoms with van der Waals surface area (Å²) in [6.07, 6.45) is -0.294. The third-order valence-electron chi connectivity index (χ3n) is 3.47. The van der Waals surface area contributed by atoms with Crippen LogP contribution in [0.3, 0.4) is 0 Å². The molecule has 1 aromatic heterocycles. The Morgan fingerprint density at radius 1 is 1.33 bits per heavy atom. The Hall–Kier alpha value is -0.800. The van der Waals surface area contributed by atoms with Gasteiger partial charge in [0.2, 0.25) is 0 Å². The van der Waals surface area contributed by atoms with E-state index < -0.39 is 0 Å². The van der Waals surface area contributed by atoms with Gasteiger partial charge < -0.3 is 14.8 Å². The lowest BCUT2D eigenvalue weighted by Crippen LogP contribution is -2.41. The number of rotatable bonds is 6. The Labute approximate surface area is 111 Å². The summed E-state index contributed by atoms with van der Waals surface area (Å²) in [5.41, 5.74) is 1.07. The summed E-state index contributed by atoms with van der Waals surface area (Å²) in [6.45, 7) is 13.8. The van der Waals surface area contributed by atoms with Crippen molar-refractivity contribution in [3.8, 4) is 0 Å². The van der Waals surface area contributed by atoms with Crippen LogP contribution in [0.15, 0.2) is 10.5 Å². The predicted molar refractivity (Wildman–Crippen MR) is 74.5 cm³/mol. The van der Waals surface area contributed by atoms with Gasteiger partial charge in [0.1, 0.15) is 11.5 Å². The first-order valence-corrected chi connectivity index (χ1v) is 6.68. The van der Waals surface area contributed by atoms with Gasteiger partial charge in [0.15, 0.2) is 0 Å². The van der Waals surface area contributed by atoms with E-state index in [1.807, 2.05) is 13.8 Å². The van der Waals surface area contributed by atoms with E-state index in [2.05, 4.69) is 39.1 Å². The quantitative estimate of drug-likeness (QED) is 0.819. The highest BCUT2D eigenvalue weighted by Gasteiger charge is 2.29. The lowest BCUT2D eigenvalue weighted by Gasteiger charge is -2.33. The molecule has 0 bridgehead atoms. The zero-order valence-electron chi connectivity index (χ0n) is 12.5. The van der Waals surface area contributed by atoms with Crippen LogP contribution in [0.4, 0.5) is 0 Å². The molecule has 1 aromatic rings. The highest BCUT2D eigenvalue weighted by molar-refractivity contribution is 5.19. The van der Waals surface area contributed by atoms with Gasteiger partial charge in [-0.05, 0) is 25.8 Å². The Kier molecular flexibility index (Phi) is 5.00. The van der Waals surface area contributed by atoms with E-state index in [0.717, 1.165) is 24.6 Å². The summed E-state index contributed by atoms with van der Waals surface area (Å²) in [6, 6.07) is 2.06. The second-order valence-corrected chi connectivity index (χ2v) is 6.22. The van der Waals surface area contributed by atoms with Gasteiger partial charge in [0.05, 0.1) is 6.10 Å². The van der Waals surface area contributed by atoms with Crippen molar-refractivity contribution in [1.29, 1.82) is 0 Å². The van der Waals surface area contributed by atoms with Crippen molar-refractivity contribution in [3.63, 3.8) is 0 Å². The molecule has 0 aliphatic heterocycles. The Bertz CT molecular complexity index is 380. The highest BCUT2D eigenvalue weighted by atomic mass is 16.3. The van der Waals surface area contributed by atoms with Crippen molar-refractivity contribution in [2.45, 2.75) is 54.2 Å². The number of aliphatic hydroxyl groups excluding tert-OH is 1. The van der Waals surface area contributed by atoms with Gasteiger partial charge in [-0.15, -0.1) is 0 Å². The van der Waals surface area contributed by atoms with Crippen molar-refractivity contribution in [1.82, 2.24) is 5.32 Å². The topological polar surface area (TPSA) is 45.4 Å². The van der Waals surface area contributed by atoms with E-state index in [1.165, 1.54) is 5.56 Å². The standard InChI is InChI=1S/C15H27NO2/c1-10(2)14(17)15(5,6)9-16-8-13-7-11(3)18-12(13)4/h7,10,14,16-17H,8-9H2,1-6H3. The number of hydrogen-bond acceptors (Lipinski definition) is 3. The molecule has 0 aromatic carbocycles. The maximum absolute atomic E-state index is 10.2. The van der Waals surface area contributed by atoms with E-state index >= 15 is 0 Å². The lowest BCUT2D eigenvalue weighted by atomic mass is 9.80. The molecular formula is C15H27NO2. The highest BCUT2D eigenvalue weighted by Crippen LogP contribution is 2.25. The maximum Gasteiger partial charge on any atom is 0.105 e. The summed E-state index contributed by atoms with van der Waals surface area (Å²) in [5.74, 6) is 2.20. The molecular weight excluding hydrogens is 226 g/mol. The van der Waals surface area contributed by atoms with E-state index in [1.54, 1.807) is 0 Å². The molecule has 104 valence electrons. The SMILES string of the molecule is Cc1cc(CNCC(C)(C)C(O)C(C)C)c(C)o1. The third-order valence-corrected chi connectivity index (χ3v) is 3.47. The number of aryl methyl sites for hydroxylation is 2. The molecule has 3 nitrogen and oxygen atoms in total. The number of aliphatic hydroxyl groups is 1. The second kappa shape index (κ2) is 5.89. The van der Waals surface area contributed by atoms with Crippen molar-refractivity contribution in [2.24, 2.45) is 11.3 Å². The van der Waals surface area contributed by atoms with Crippen molar-refractivity contribution >= 4 is 0 Å². The smallest absolute Gasteiger partial charge is 0.105 e. The zero-order chi connectivity index (χ0) is 13.9. The molecule has 1 rings (SSSR count). The molecule has 1 unspecified atom stereocenters. The largest absolute Gasteiger partial charge is 0.466 e. The van der Waals surface area contributed by atoms with Crippen LogP contribution in [-0.4, -0.2) is 17.8 Å². The molecule has 0 aliphatic carbocycles. The average Bonchev–Trinajstić information content (AvgIpc) is 2.56. The average molecular weight is 253 g/mol. The molecule has 0 aliphatic rings. The number of nitrogens with one attached hydrogen (secondary N) is 1. The summed E-state index contributed by atoms with van der Waals surface area (Å²) < 4.78 is 5.49.